The van der Waals surface area contributed by atoms with Crippen LogP contribution < -0.4 is 0 Å². The molecule has 2 aliphatic heterocycles. The Morgan fingerprint density at radius 2 is 1.85 bits per heavy atom. The normalized spacial score (nSPS) is 21.2. The number of carbonyl (C=O) groups is 1. The zero-order valence-corrected chi connectivity index (χ0v) is 15.4. The van der Waals surface area contributed by atoms with Gasteiger partial charge in [0.05, 0.1) is 12.6 Å². The van der Waals surface area contributed by atoms with Crippen molar-refractivity contribution in [3.05, 3.63) is 53.9 Å². The molecule has 0 N–H and O–H groups in total. The lowest BCUT2D eigenvalue weighted by molar-refractivity contribution is 0.0721. The molecule has 1 atom stereocenters. The zero-order valence-electron chi connectivity index (χ0n) is 15.4. The van der Waals surface area contributed by atoms with Gasteiger partial charge in [-0.05, 0) is 62.5 Å². The van der Waals surface area contributed by atoms with E-state index in [1.807, 2.05) is 34.0 Å². The lowest BCUT2D eigenvalue weighted by Gasteiger charge is -2.27. The van der Waals surface area contributed by atoms with Crippen molar-refractivity contribution in [2.75, 3.05) is 19.6 Å². The second-order valence-electron chi connectivity index (χ2n) is 7.56. The monoisotopic (exact) mass is 352 g/mol. The lowest BCUT2D eigenvalue weighted by atomic mass is 10.1. The number of piperidine rings is 1. The Morgan fingerprint density at radius 1 is 1.04 bits per heavy atom. The van der Waals surface area contributed by atoms with Gasteiger partial charge in [-0.25, -0.2) is 0 Å². The SMILES string of the molecule is O=C(c1ccc(CN2CCCCC2)cc1)N1CCCC1Cn1cccn1. The van der Waals surface area contributed by atoms with Gasteiger partial charge in [-0.15, -0.1) is 0 Å². The van der Waals surface area contributed by atoms with E-state index in [9.17, 15) is 4.79 Å². The Kier molecular flexibility index (Phi) is 5.34. The maximum atomic E-state index is 13.0. The first-order valence-corrected chi connectivity index (χ1v) is 9.89. The number of rotatable bonds is 5. The van der Waals surface area contributed by atoms with Crippen LogP contribution in [0.3, 0.4) is 0 Å². The summed E-state index contributed by atoms with van der Waals surface area (Å²) >= 11 is 0. The van der Waals surface area contributed by atoms with E-state index in [2.05, 4.69) is 22.1 Å². The summed E-state index contributed by atoms with van der Waals surface area (Å²) in [6.45, 7) is 5.03. The van der Waals surface area contributed by atoms with E-state index in [0.717, 1.165) is 38.0 Å². The van der Waals surface area contributed by atoms with Crippen molar-refractivity contribution in [3.63, 3.8) is 0 Å². The van der Waals surface area contributed by atoms with Crippen LogP contribution in [0.4, 0.5) is 0 Å². The topological polar surface area (TPSA) is 41.4 Å². The molecule has 2 fully saturated rings. The van der Waals surface area contributed by atoms with Gasteiger partial charge in [-0.1, -0.05) is 18.6 Å². The van der Waals surface area contributed by atoms with Gasteiger partial charge in [-0.2, -0.15) is 5.10 Å². The van der Waals surface area contributed by atoms with Crippen LogP contribution in [0, 0.1) is 0 Å². The minimum Gasteiger partial charge on any atom is -0.334 e. The molecule has 2 saturated heterocycles. The number of hydrogen-bond donors (Lipinski definition) is 0. The third kappa shape index (κ3) is 3.98. The van der Waals surface area contributed by atoms with Gasteiger partial charge >= 0.3 is 0 Å². The molecule has 1 aromatic carbocycles. The second-order valence-corrected chi connectivity index (χ2v) is 7.56. The summed E-state index contributed by atoms with van der Waals surface area (Å²) in [5, 5.41) is 4.29. The van der Waals surface area contributed by atoms with Crippen molar-refractivity contribution in [2.45, 2.75) is 51.2 Å². The summed E-state index contributed by atoms with van der Waals surface area (Å²) in [4.78, 5) is 17.5. The van der Waals surface area contributed by atoms with Crippen LogP contribution >= 0.6 is 0 Å². The van der Waals surface area contributed by atoms with Crippen molar-refractivity contribution >= 4 is 5.91 Å². The fourth-order valence-electron chi connectivity index (χ4n) is 4.21. The first kappa shape index (κ1) is 17.3. The molecule has 26 heavy (non-hydrogen) atoms. The number of aromatic nitrogens is 2. The molecule has 0 spiro atoms. The summed E-state index contributed by atoms with van der Waals surface area (Å²) in [6, 6.07) is 10.4. The number of hydrogen-bond acceptors (Lipinski definition) is 3. The Hall–Kier alpha value is -2.14. The van der Waals surface area contributed by atoms with Gasteiger partial charge < -0.3 is 4.90 Å². The van der Waals surface area contributed by atoms with Crippen LogP contribution in [-0.2, 0) is 13.1 Å². The molecule has 0 bridgehead atoms. The van der Waals surface area contributed by atoms with E-state index >= 15 is 0 Å². The van der Waals surface area contributed by atoms with Crippen LogP contribution in [0.25, 0.3) is 0 Å². The average Bonchev–Trinajstić information content (AvgIpc) is 3.35. The number of likely N-dealkylation sites (tertiary alicyclic amines) is 2. The fraction of sp³-hybridized carbons (Fsp3) is 0.524. The Labute approximate surface area is 155 Å². The summed E-state index contributed by atoms with van der Waals surface area (Å²) in [5.74, 6) is 0.157. The molecule has 2 aromatic rings. The third-order valence-corrected chi connectivity index (χ3v) is 5.65. The van der Waals surface area contributed by atoms with E-state index in [0.29, 0.717) is 0 Å². The van der Waals surface area contributed by atoms with Crippen molar-refractivity contribution in [1.82, 2.24) is 19.6 Å². The number of amides is 1. The van der Waals surface area contributed by atoms with E-state index in [-0.39, 0.29) is 11.9 Å². The maximum absolute atomic E-state index is 13.0. The van der Waals surface area contributed by atoms with Crippen molar-refractivity contribution < 1.29 is 4.79 Å². The molecule has 4 rings (SSSR count). The molecule has 1 amide bonds. The van der Waals surface area contributed by atoms with Crippen molar-refractivity contribution in [2.24, 2.45) is 0 Å². The molecular formula is C21H28N4O. The predicted molar refractivity (Wildman–Crippen MR) is 102 cm³/mol. The first-order valence-electron chi connectivity index (χ1n) is 9.89. The van der Waals surface area contributed by atoms with E-state index < -0.39 is 0 Å². The average molecular weight is 352 g/mol. The third-order valence-electron chi connectivity index (χ3n) is 5.65. The summed E-state index contributed by atoms with van der Waals surface area (Å²) < 4.78 is 1.93. The Bertz CT molecular complexity index is 704. The zero-order chi connectivity index (χ0) is 17.8. The standard InChI is InChI=1S/C21H28N4O/c26-21(25-15-4-6-20(25)17-24-14-5-11-22-24)19-9-7-18(8-10-19)16-23-12-2-1-3-13-23/h5,7-11,14,20H,1-4,6,12-13,15-17H2. The molecule has 0 radical (unpaired) electrons. The highest BCUT2D eigenvalue weighted by molar-refractivity contribution is 5.94. The summed E-state index contributed by atoms with van der Waals surface area (Å²) in [6.07, 6.45) is 9.87. The summed E-state index contributed by atoms with van der Waals surface area (Å²) in [5.41, 5.74) is 2.11. The van der Waals surface area contributed by atoms with Crippen molar-refractivity contribution in [1.29, 1.82) is 0 Å². The van der Waals surface area contributed by atoms with E-state index in [1.54, 1.807) is 6.20 Å². The molecule has 1 unspecified atom stereocenters. The molecule has 2 aliphatic rings. The maximum Gasteiger partial charge on any atom is 0.254 e. The van der Waals surface area contributed by atoms with Gasteiger partial charge in [0, 0.05) is 31.0 Å². The van der Waals surface area contributed by atoms with Crippen LogP contribution in [0.5, 0.6) is 0 Å². The minimum atomic E-state index is 0.157. The first-order chi connectivity index (χ1) is 12.8. The van der Waals surface area contributed by atoms with Crippen LogP contribution in [-0.4, -0.2) is 51.2 Å². The summed E-state index contributed by atoms with van der Waals surface area (Å²) in [7, 11) is 0. The quantitative estimate of drug-likeness (QED) is 0.830. The fourth-order valence-corrected chi connectivity index (χ4v) is 4.21. The predicted octanol–water partition coefficient (Wildman–Crippen LogP) is 3.17. The van der Waals surface area contributed by atoms with Crippen LogP contribution in [0.15, 0.2) is 42.7 Å². The van der Waals surface area contributed by atoms with Gasteiger partial charge in [-0.3, -0.25) is 14.4 Å². The van der Waals surface area contributed by atoms with Crippen molar-refractivity contribution in [3.8, 4) is 0 Å². The minimum absolute atomic E-state index is 0.157. The molecule has 0 aliphatic carbocycles. The highest BCUT2D eigenvalue weighted by atomic mass is 16.2. The second kappa shape index (κ2) is 8.04. The largest absolute Gasteiger partial charge is 0.334 e. The molecular weight excluding hydrogens is 324 g/mol. The molecule has 0 saturated carbocycles. The number of benzene rings is 1. The molecule has 3 heterocycles. The number of carbonyl (C=O) groups excluding carboxylic acids is 1. The van der Waals surface area contributed by atoms with E-state index in [4.69, 9.17) is 0 Å². The smallest absolute Gasteiger partial charge is 0.254 e. The Morgan fingerprint density at radius 3 is 2.58 bits per heavy atom. The van der Waals surface area contributed by atoms with Gasteiger partial charge in [0.1, 0.15) is 0 Å². The van der Waals surface area contributed by atoms with Gasteiger partial charge in [0.25, 0.3) is 5.91 Å². The number of nitrogens with zero attached hydrogens (tertiary/aromatic N) is 4. The highest BCUT2D eigenvalue weighted by Gasteiger charge is 2.29. The molecule has 138 valence electrons. The van der Waals surface area contributed by atoms with E-state index in [1.165, 1.54) is 37.9 Å². The molecule has 1 aromatic heterocycles. The van der Waals surface area contributed by atoms with Gasteiger partial charge in [0.15, 0.2) is 0 Å². The lowest BCUT2D eigenvalue weighted by Crippen LogP contribution is -2.38. The highest BCUT2D eigenvalue weighted by Crippen LogP contribution is 2.22. The molecule has 5 heteroatoms. The molecule has 5 nitrogen and oxygen atoms in total. The van der Waals surface area contributed by atoms with Crippen LogP contribution in [0.2, 0.25) is 0 Å². The Balaban J connectivity index is 1.39. The van der Waals surface area contributed by atoms with Crippen LogP contribution in [0.1, 0.15) is 48.0 Å². The van der Waals surface area contributed by atoms with Gasteiger partial charge in [0.2, 0.25) is 0 Å².